The zero-order valence-electron chi connectivity index (χ0n) is 12.5. The van der Waals surface area contributed by atoms with Gasteiger partial charge in [-0.25, -0.2) is 0 Å². The summed E-state index contributed by atoms with van der Waals surface area (Å²) in [5.41, 5.74) is 0.222. The van der Waals surface area contributed by atoms with E-state index >= 15 is 0 Å². The molecule has 1 N–H and O–H groups in total. The number of rotatable bonds is 6. The first kappa shape index (κ1) is 14.9. The number of ether oxygens (including phenoxy) is 1. The molecule has 0 bridgehead atoms. The maximum absolute atomic E-state index is 5.64. The second-order valence-electron chi connectivity index (χ2n) is 6.43. The summed E-state index contributed by atoms with van der Waals surface area (Å²) in [7, 11) is 1.81. The van der Waals surface area contributed by atoms with Gasteiger partial charge in [-0.15, -0.1) is 21.5 Å². The summed E-state index contributed by atoms with van der Waals surface area (Å²) in [5, 5.41) is 14.3. The molecule has 1 aromatic rings. The second-order valence-corrected chi connectivity index (χ2v) is 7.58. The third kappa shape index (κ3) is 4.23. The summed E-state index contributed by atoms with van der Waals surface area (Å²) >= 11 is 1.73. The van der Waals surface area contributed by atoms with E-state index in [0.29, 0.717) is 0 Å². The van der Waals surface area contributed by atoms with E-state index in [4.69, 9.17) is 4.74 Å². The van der Waals surface area contributed by atoms with Crippen LogP contribution in [0, 0.1) is 0 Å². The molecule has 0 spiro atoms. The van der Waals surface area contributed by atoms with Crippen LogP contribution in [-0.2, 0) is 17.6 Å². The maximum Gasteiger partial charge on any atom is 0.120 e. The maximum atomic E-state index is 5.64. The molecular formula is C14H25N3OS. The number of aromatic nitrogens is 2. The van der Waals surface area contributed by atoms with Crippen molar-refractivity contribution >= 4 is 11.3 Å². The largest absolute Gasteiger partial charge is 0.378 e. The van der Waals surface area contributed by atoms with Gasteiger partial charge in [0.2, 0.25) is 0 Å². The fourth-order valence-corrected chi connectivity index (χ4v) is 3.28. The van der Waals surface area contributed by atoms with E-state index in [-0.39, 0.29) is 11.1 Å². The molecule has 0 amide bonds. The molecule has 1 aliphatic rings. The predicted octanol–water partition coefficient (Wildman–Crippen LogP) is 2.58. The fourth-order valence-electron chi connectivity index (χ4n) is 2.31. The molecule has 0 aliphatic heterocycles. The average Bonchev–Trinajstić information content (AvgIpc) is 2.69. The highest BCUT2D eigenvalue weighted by atomic mass is 32.1. The first-order valence-corrected chi connectivity index (χ1v) is 7.86. The lowest BCUT2D eigenvalue weighted by Gasteiger charge is -2.39. The van der Waals surface area contributed by atoms with Crippen molar-refractivity contribution in [3.8, 4) is 0 Å². The van der Waals surface area contributed by atoms with Crippen LogP contribution in [0.5, 0.6) is 0 Å². The van der Waals surface area contributed by atoms with E-state index in [9.17, 15) is 0 Å². The second kappa shape index (κ2) is 5.85. The van der Waals surface area contributed by atoms with Gasteiger partial charge in [0.1, 0.15) is 10.0 Å². The lowest BCUT2D eigenvalue weighted by molar-refractivity contribution is -0.0709. The number of hydrogen-bond donors (Lipinski definition) is 1. The highest BCUT2D eigenvalue weighted by Gasteiger charge is 2.38. The topological polar surface area (TPSA) is 47.0 Å². The smallest absolute Gasteiger partial charge is 0.120 e. The summed E-state index contributed by atoms with van der Waals surface area (Å²) in [6.45, 7) is 7.49. The van der Waals surface area contributed by atoms with Crippen LogP contribution < -0.4 is 5.32 Å². The van der Waals surface area contributed by atoms with E-state index in [1.54, 1.807) is 11.3 Å². The molecule has 1 heterocycles. The summed E-state index contributed by atoms with van der Waals surface area (Å²) in [6, 6.07) is 0. The molecule has 4 nitrogen and oxygen atoms in total. The molecule has 1 aromatic heterocycles. The Balaban J connectivity index is 1.82. The molecule has 0 radical (unpaired) electrons. The molecule has 108 valence electrons. The molecule has 0 aromatic carbocycles. The lowest BCUT2D eigenvalue weighted by Crippen LogP contribution is -2.41. The van der Waals surface area contributed by atoms with Crippen LogP contribution >= 0.6 is 11.3 Å². The number of methoxy groups -OCH3 is 1. The molecule has 1 fully saturated rings. The Morgan fingerprint density at radius 3 is 2.47 bits per heavy atom. The van der Waals surface area contributed by atoms with Gasteiger partial charge in [-0.05, 0) is 40.0 Å². The SMILES string of the molecule is COC1(Cc2nnc(CCNC(C)(C)C)s2)CCC1. The standard InChI is InChI=1S/C14H25N3OS/c1-13(2,3)15-9-6-11-16-17-12(19-11)10-14(18-4)7-5-8-14/h15H,5-10H2,1-4H3. The van der Waals surface area contributed by atoms with Crippen molar-refractivity contribution in [2.24, 2.45) is 0 Å². The van der Waals surface area contributed by atoms with Crippen molar-refractivity contribution in [2.45, 2.75) is 64.0 Å². The van der Waals surface area contributed by atoms with Crippen molar-refractivity contribution in [3.63, 3.8) is 0 Å². The van der Waals surface area contributed by atoms with Crippen LogP contribution in [0.2, 0.25) is 0 Å². The summed E-state index contributed by atoms with van der Waals surface area (Å²) in [6.07, 6.45) is 5.46. The molecule has 0 atom stereocenters. The normalized spacial score (nSPS) is 18.3. The van der Waals surface area contributed by atoms with E-state index in [1.165, 1.54) is 6.42 Å². The Kier molecular flexibility index (Phi) is 4.58. The van der Waals surface area contributed by atoms with Crippen LogP contribution in [0.25, 0.3) is 0 Å². The van der Waals surface area contributed by atoms with Crippen molar-refractivity contribution in [3.05, 3.63) is 10.0 Å². The van der Waals surface area contributed by atoms with Gasteiger partial charge in [-0.3, -0.25) is 0 Å². The molecule has 1 saturated carbocycles. The number of nitrogens with zero attached hydrogens (tertiary/aromatic N) is 2. The minimum atomic E-state index is 0.0560. The number of hydrogen-bond acceptors (Lipinski definition) is 5. The Hall–Kier alpha value is -0.520. The molecule has 0 unspecified atom stereocenters. The van der Waals surface area contributed by atoms with Crippen LogP contribution in [-0.4, -0.2) is 35.0 Å². The predicted molar refractivity (Wildman–Crippen MR) is 78.7 cm³/mol. The van der Waals surface area contributed by atoms with Gasteiger partial charge in [0.25, 0.3) is 0 Å². The zero-order valence-corrected chi connectivity index (χ0v) is 13.3. The number of nitrogens with one attached hydrogen (secondary N) is 1. The zero-order chi connectivity index (χ0) is 13.9. The van der Waals surface area contributed by atoms with Gasteiger partial charge in [0.15, 0.2) is 0 Å². The molecule has 5 heteroatoms. The quantitative estimate of drug-likeness (QED) is 0.871. The van der Waals surface area contributed by atoms with Gasteiger partial charge >= 0.3 is 0 Å². The van der Waals surface area contributed by atoms with Crippen LogP contribution in [0.4, 0.5) is 0 Å². The first-order valence-electron chi connectivity index (χ1n) is 7.04. The van der Waals surface area contributed by atoms with Crippen molar-refractivity contribution in [1.29, 1.82) is 0 Å². The minimum Gasteiger partial charge on any atom is -0.378 e. The van der Waals surface area contributed by atoms with Gasteiger partial charge in [0.05, 0.1) is 5.60 Å². The monoisotopic (exact) mass is 283 g/mol. The van der Waals surface area contributed by atoms with Gasteiger partial charge < -0.3 is 10.1 Å². The van der Waals surface area contributed by atoms with Gasteiger partial charge in [0, 0.05) is 32.0 Å². The molecule has 1 aliphatic carbocycles. The van der Waals surface area contributed by atoms with Crippen LogP contribution in [0.1, 0.15) is 50.0 Å². The Labute approximate surface area is 120 Å². The van der Waals surface area contributed by atoms with Gasteiger partial charge in [-0.2, -0.15) is 0 Å². The third-order valence-electron chi connectivity index (χ3n) is 3.67. The highest BCUT2D eigenvalue weighted by molar-refractivity contribution is 7.11. The van der Waals surface area contributed by atoms with E-state index in [2.05, 4.69) is 36.3 Å². The molecule has 0 saturated heterocycles. The van der Waals surface area contributed by atoms with Crippen LogP contribution in [0.3, 0.4) is 0 Å². The summed E-state index contributed by atoms with van der Waals surface area (Å²) < 4.78 is 5.64. The summed E-state index contributed by atoms with van der Waals surface area (Å²) in [4.78, 5) is 0. The third-order valence-corrected chi connectivity index (χ3v) is 4.66. The molecule has 19 heavy (non-hydrogen) atoms. The Morgan fingerprint density at radius 1 is 1.26 bits per heavy atom. The average molecular weight is 283 g/mol. The van der Waals surface area contributed by atoms with Crippen LogP contribution in [0.15, 0.2) is 0 Å². The molecule has 2 rings (SSSR count). The highest BCUT2D eigenvalue weighted by Crippen LogP contribution is 2.38. The van der Waals surface area contributed by atoms with E-state index in [0.717, 1.165) is 42.2 Å². The minimum absolute atomic E-state index is 0.0560. The van der Waals surface area contributed by atoms with Crippen molar-refractivity contribution in [2.75, 3.05) is 13.7 Å². The molecular weight excluding hydrogens is 258 g/mol. The summed E-state index contributed by atoms with van der Waals surface area (Å²) in [5.74, 6) is 0. The van der Waals surface area contributed by atoms with E-state index < -0.39 is 0 Å². The van der Waals surface area contributed by atoms with Gasteiger partial charge in [-0.1, -0.05) is 0 Å². The Bertz CT molecular complexity index is 402. The lowest BCUT2D eigenvalue weighted by atomic mass is 9.78. The Morgan fingerprint density at radius 2 is 1.95 bits per heavy atom. The van der Waals surface area contributed by atoms with E-state index in [1.807, 2.05) is 7.11 Å². The van der Waals surface area contributed by atoms with Crippen molar-refractivity contribution < 1.29 is 4.74 Å². The first-order chi connectivity index (χ1) is 8.92. The fraction of sp³-hybridized carbons (Fsp3) is 0.857. The van der Waals surface area contributed by atoms with Crippen molar-refractivity contribution in [1.82, 2.24) is 15.5 Å².